The van der Waals surface area contributed by atoms with Gasteiger partial charge >= 0.3 is 0 Å². The highest BCUT2D eigenvalue weighted by atomic mass is 16.6. The number of benzene rings is 3. The molecule has 9 heteroatoms. The predicted molar refractivity (Wildman–Crippen MR) is 149 cm³/mol. The molecule has 2 fully saturated rings. The molecule has 3 aliphatic heterocycles. The summed E-state index contributed by atoms with van der Waals surface area (Å²) in [6.07, 6.45) is 1.48. The fourth-order valence-electron chi connectivity index (χ4n) is 5.48. The Balaban J connectivity index is 1.39. The van der Waals surface area contributed by atoms with Crippen LogP contribution in [0.4, 0.5) is 0 Å². The van der Waals surface area contributed by atoms with Crippen molar-refractivity contribution in [3.05, 3.63) is 89.0 Å². The Bertz CT molecular complexity index is 1480. The summed E-state index contributed by atoms with van der Waals surface area (Å²) in [6.45, 7) is 1.98. The molecule has 0 saturated carbocycles. The second kappa shape index (κ2) is 11.5. The number of nitrogens with zero attached hydrogens (tertiary/aromatic N) is 1. The van der Waals surface area contributed by atoms with Crippen molar-refractivity contribution in [1.82, 2.24) is 4.90 Å². The minimum absolute atomic E-state index is 0.00955. The van der Waals surface area contributed by atoms with E-state index in [9.17, 15) is 14.7 Å². The Labute approximate surface area is 237 Å². The molecule has 0 radical (unpaired) electrons. The average molecular weight is 558 g/mol. The SMILES string of the molecule is COc1cc([C@@H]2C(=C(O)c3ccc4c(c3)OCCO4)C(=O)C(=O)N2C[C@@H]2CCCO2)ccc1OCc1ccccc1. The van der Waals surface area contributed by atoms with E-state index >= 15 is 0 Å². The van der Waals surface area contributed by atoms with E-state index < -0.39 is 17.7 Å². The number of methoxy groups -OCH3 is 1. The predicted octanol–water partition coefficient (Wildman–Crippen LogP) is 4.65. The zero-order chi connectivity index (χ0) is 28.3. The fraction of sp³-hybridized carbons (Fsp3) is 0.312. The molecule has 0 aliphatic carbocycles. The second-order valence-corrected chi connectivity index (χ2v) is 10.1. The molecule has 1 N–H and O–H groups in total. The molecule has 2 saturated heterocycles. The van der Waals surface area contributed by atoms with Crippen molar-refractivity contribution < 1.29 is 38.4 Å². The first-order valence-electron chi connectivity index (χ1n) is 13.7. The molecule has 6 rings (SSSR count). The number of ether oxygens (including phenoxy) is 5. The Kier molecular flexibility index (Phi) is 7.52. The minimum Gasteiger partial charge on any atom is -0.507 e. The number of aliphatic hydroxyl groups excluding tert-OH is 1. The van der Waals surface area contributed by atoms with E-state index in [0.29, 0.717) is 60.6 Å². The first kappa shape index (κ1) is 26.7. The summed E-state index contributed by atoms with van der Waals surface area (Å²) in [6, 6.07) is 19.2. The van der Waals surface area contributed by atoms with Crippen LogP contribution in [0.25, 0.3) is 5.76 Å². The molecule has 3 aromatic rings. The first-order valence-corrected chi connectivity index (χ1v) is 13.7. The van der Waals surface area contributed by atoms with Gasteiger partial charge in [-0.1, -0.05) is 36.4 Å². The normalized spacial score (nSPS) is 21.2. The van der Waals surface area contributed by atoms with Crippen LogP contribution in [0.1, 0.15) is 35.6 Å². The zero-order valence-electron chi connectivity index (χ0n) is 22.7. The maximum atomic E-state index is 13.5. The van der Waals surface area contributed by atoms with Gasteiger partial charge in [-0.2, -0.15) is 0 Å². The topological polar surface area (TPSA) is 104 Å². The van der Waals surface area contributed by atoms with Gasteiger partial charge in [0, 0.05) is 18.7 Å². The molecule has 0 bridgehead atoms. The summed E-state index contributed by atoms with van der Waals surface area (Å²) in [5.74, 6) is 0.245. The van der Waals surface area contributed by atoms with Gasteiger partial charge in [0.15, 0.2) is 23.0 Å². The van der Waals surface area contributed by atoms with Crippen molar-refractivity contribution in [3.8, 4) is 23.0 Å². The van der Waals surface area contributed by atoms with Crippen LogP contribution < -0.4 is 18.9 Å². The van der Waals surface area contributed by atoms with Gasteiger partial charge in [-0.05, 0) is 54.3 Å². The Hall–Kier alpha value is -4.50. The molecule has 1 amide bonds. The number of hydrogen-bond donors (Lipinski definition) is 1. The van der Waals surface area contributed by atoms with Crippen LogP contribution in [-0.2, 0) is 20.9 Å². The minimum atomic E-state index is -0.857. The van der Waals surface area contributed by atoms with Crippen molar-refractivity contribution >= 4 is 17.4 Å². The van der Waals surface area contributed by atoms with Crippen LogP contribution in [0.15, 0.2) is 72.3 Å². The lowest BCUT2D eigenvalue weighted by Gasteiger charge is -2.28. The van der Waals surface area contributed by atoms with Gasteiger partial charge in [0.1, 0.15) is 25.6 Å². The maximum Gasteiger partial charge on any atom is 0.295 e. The largest absolute Gasteiger partial charge is 0.507 e. The standard InChI is InChI=1S/C32H31NO8/c1-37-26-16-21(9-11-24(26)41-19-20-6-3-2-4-7-20)29-28(31(35)32(36)33(29)18-23-8-5-13-38-23)30(34)22-10-12-25-27(17-22)40-15-14-39-25/h2-4,6-7,9-12,16-17,23,29,34H,5,8,13-15,18-19H2,1H3/t23-,29+/m0/s1. The third-order valence-electron chi connectivity index (χ3n) is 7.52. The van der Waals surface area contributed by atoms with E-state index in [2.05, 4.69) is 0 Å². The number of likely N-dealkylation sites (tertiary alicyclic amines) is 1. The number of fused-ring (bicyclic) bond motifs is 1. The van der Waals surface area contributed by atoms with Crippen molar-refractivity contribution in [1.29, 1.82) is 0 Å². The Morgan fingerprint density at radius 2 is 1.76 bits per heavy atom. The van der Waals surface area contributed by atoms with Crippen molar-refractivity contribution in [2.24, 2.45) is 0 Å². The van der Waals surface area contributed by atoms with Gasteiger partial charge in [-0.25, -0.2) is 0 Å². The Morgan fingerprint density at radius 3 is 2.51 bits per heavy atom. The van der Waals surface area contributed by atoms with Gasteiger partial charge in [0.25, 0.3) is 11.7 Å². The lowest BCUT2D eigenvalue weighted by Crippen LogP contribution is -2.36. The van der Waals surface area contributed by atoms with E-state index in [1.807, 2.05) is 30.3 Å². The van der Waals surface area contributed by atoms with E-state index in [1.54, 1.807) is 36.4 Å². The van der Waals surface area contributed by atoms with E-state index in [0.717, 1.165) is 18.4 Å². The summed E-state index contributed by atoms with van der Waals surface area (Å²) < 4.78 is 28.8. The summed E-state index contributed by atoms with van der Waals surface area (Å²) in [7, 11) is 1.53. The van der Waals surface area contributed by atoms with Gasteiger partial charge in [0.05, 0.1) is 24.8 Å². The number of Topliss-reactive ketones (excluding diaryl/α,β-unsaturated/α-hetero) is 1. The third kappa shape index (κ3) is 5.32. The first-order chi connectivity index (χ1) is 20.0. The van der Waals surface area contributed by atoms with Gasteiger partial charge in [-0.3, -0.25) is 9.59 Å². The van der Waals surface area contributed by atoms with E-state index in [1.165, 1.54) is 12.0 Å². The van der Waals surface area contributed by atoms with Gasteiger partial charge in [-0.15, -0.1) is 0 Å². The van der Waals surface area contributed by atoms with E-state index in [4.69, 9.17) is 23.7 Å². The smallest absolute Gasteiger partial charge is 0.295 e. The summed E-state index contributed by atoms with van der Waals surface area (Å²) in [5, 5.41) is 11.5. The summed E-state index contributed by atoms with van der Waals surface area (Å²) in [5.41, 5.74) is 1.95. The molecule has 212 valence electrons. The van der Waals surface area contributed by atoms with Crippen LogP contribution in [0, 0.1) is 0 Å². The monoisotopic (exact) mass is 557 g/mol. The zero-order valence-corrected chi connectivity index (χ0v) is 22.7. The number of ketones is 1. The number of amides is 1. The third-order valence-corrected chi connectivity index (χ3v) is 7.52. The van der Waals surface area contributed by atoms with Crippen LogP contribution in [0.5, 0.6) is 23.0 Å². The van der Waals surface area contributed by atoms with Crippen LogP contribution >= 0.6 is 0 Å². The molecule has 0 unspecified atom stereocenters. The van der Waals surface area contributed by atoms with Crippen LogP contribution in [0.3, 0.4) is 0 Å². The average Bonchev–Trinajstić information content (AvgIpc) is 3.62. The molecule has 0 aromatic heterocycles. The summed E-state index contributed by atoms with van der Waals surface area (Å²) >= 11 is 0. The molecular weight excluding hydrogens is 526 g/mol. The molecule has 3 heterocycles. The highest BCUT2D eigenvalue weighted by Crippen LogP contribution is 2.43. The highest BCUT2D eigenvalue weighted by Gasteiger charge is 2.47. The number of carbonyl (C=O) groups is 2. The molecular formula is C32H31NO8. The molecule has 41 heavy (non-hydrogen) atoms. The number of rotatable bonds is 8. The molecule has 0 spiro atoms. The van der Waals surface area contributed by atoms with E-state index in [-0.39, 0.29) is 24.0 Å². The number of carbonyl (C=O) groups excluding carboxylic acids is 2. The fourth-order valence-corrected chi connectivity index (χ4v) is 5.48. The number of aliphatic hydroxyl groups is 1. The summed E-state index contributed by atoms with van der Waals surface area (Å²) in [4.78, 5) is 28.4. The van der Waals surface area contributed by atoms with Crippen LogP contribution in [-0.4, -0.2) is 61.3 Å². The quantitative estimate of drug-likeness (QED) is 0.243. The van der Waals surface area contributed by atoms with Crippen molar-refractivity contribution in [2.45, 2.75) is 31.6 Å². The lowest BCUT2D eigenvalue weighted by molar-refractivity contribution is -0.140. The molecule has 2 atom stereocenters. The van der Waals surface area contributed by atoms with Gasteiger partial charge in [0.2, 0.25) is 0 Å². The molecule has 3 aliphatic rings. The maximum absolute atomic E-state index is 13.5. The van der Waals surface area contributed by atoms with Crippen molar-refractivity contribution in [3.63, 3.8) is 0 Å². The molecule has 3 aromatic carbocycles. The Morgan fingerprint density at radius 1 is 0.951 bits per heavy atom. The molecule has 9 nitrogen and oxygen atoms in total. The lowest BCUT2D eigenvalue weighted by atomic mass is 9.94. The number of hydrogen-bond acceptors (Lipinski definition) is 8. The van der Waals surface area contributed by atoms with Gasteiger partial charge < -0.3 is 33.7 Å². The van der Waals surface area contributed by atoms with Crippen LogP contribution in [0.2, 0.25) is 0 Å². The van der Waals surface area contributed by atoms with Crippen molar-refractivity contribution in [2.75, 3.05) is 33.5 Å². The second-order valence-electron chi connectivity index (χ2n) is 10.1. The highest BCUT2D eigenvalue weighted by molar-refractivity contribution is 6.46.